The average Bonchev–Trinajstić information content (AvgIpc) is 2.82. The third kappa shape index (κ3) is 3.12. The van der Waals surface area contributed by atoms with E-state index in [-0.39, 0.29) is 5.69 Å². The molecule has 0 fully saturated rings. The molecule has 0 spiro atoms. The fourth-order valence-electron chi connectivity index (χ4n) is 1.22. The van der Waals surface area contributed by atoms with Gasteiger partial charge < -0.3 is 9.52 Å². The monoisotopic (exact) mass is 346 g/mol. The van der Waals surface area contributed by atoms with Gasteiger partial charge in [0.2, 0.25) is 10.9 Å². The number of carboxylic acids is 1. The lowest BCUT2D eigenvalue weighted by Crippen LogP contribution is -2.12. The quantitative estimate of drug-likeness (QED) is 0.818. The predicted octanol–water partition coefficient (Wildman–Crippen LogP) is 1.94. The molecule has 0 unspecified atom stereocenters. The number of carboxylic acid groups (broad SMARTS) is 1. The lowest BCUT2D eigenvalue weighted by Gasteiger charge is -2.04. The highest BCUT2D eigenvalue weighted by Crippen LogP contribution is 2.19. The number of nitrogens with zero attached hydrogens (tertiary/aromatic N) is 1. The molecule has 2 heterocycles. The molecular formula is C10H7BrN2O5S. The molecular weight excluding hydrogens is 340 g/mol. The van der Waals surface area contributed by atoms with Crippen LogP contribution in [-0.4, -0.2) is 24.5 Å². The van der Waals surface area contributed by atoms with E-state index in [1.807, 2.05) is 0 Å². The highest BCUT2D eigenvalue weighted by Gasteiger charge is 2.21. The van der Waals surface area contributed by atoms with E-state index in [0.717, 1.165) is 12.1 Å². The largest absolute Gasteiger partial charge is 0.475 e. The summed E-state index contributed by atoms with van der Waals surface area (Å²) in [5, 5.41) is 8.18. The molecule has 0 aliphatic rings. The minimum absolute atomic E-state index is 0.233. The maximum Gasteiger partial charge on any atom is 0.371 e. The summed E-state index contributed by atoms with van der Waals surface area (Å²) in [6.45, 7) is 0. The lowest BCUT2D eigenvalue weighted by molar-refractivity contribution is 0.0656. The summed E-state index contributed by atoms with van der Waals surface area (Å²) in [6.07, 6.45) is 1.31. The summed E-state index contributed by atoms with van der Waals surface area (Å²) < 4.78 is 31.3. The lowest BCUT2D eigenvalue weighted by atomic mass is 10.4. The van der Waals surface area contributed by atoms with Crippen molar-refractivity contribution < 1.29 is 22.7 Å². The summed E-state index contributed by atoms with van der Waals surface area (Å²) in [7, 11) is -3.97. The molecule has 0 amide bonds. The van der Waals surface area contributed by atoms with Crippen molar-refractivity contribution in [3.05, 3.63) is 40.8 Å². The zero-order chi connectivity index (χ0) is 14.0. The van der Waals surface area contributed by atoms with Gasteiger partial charge >= 0.3 is 5.97 Å². The topological polar surface area (TPSA) is 110 Å². The molecule has 7 nitrogen and oxygen atoms in total. The molecule has 100 valence electrons. The van der Waals surface area contributed by atoms with Gasteiger partial charge in [-0.05, 0) is 40.2 Å². The maximum absolute atomic E-state index is 11.9. The average molecular weight is 347 g/mol. The van der Waals surface area contributed by atoms with E-state index in [2.05, 4.69) is 25.6 Å². The van der Waals surface area contributed by atoms with Crippen LogP contribution in [0.5, 0.6) is 0 Å². The Balaban J connectivity index is 2.26. The Labute approximate surface area is 116 Å². The van der Waals surface area contributed by atoms with Crippen molar-refractivity contribution in [1.82, 2.24) is 4.98 Å². The number of nitrogens with one attached hydrogen (secondary N) is 1. The van der Waals surface area contributed by atoms with Gasteiger partial charge in [-0.3, -0.25) is 4.72 Å². The van der Waals surface area contributed by atoms with Gasteiger partial charge in [0.05, 0.1) is 11.9 Å². The van der Waals surface area contributed by atoms with Gasteiger partial charge in [0.25, 0.3) is 10.0 Å². The van der Waals surface area contributed by atoms with Crippen LogP contribution < -0.4 is 4.72 Å². The third-order valence-electron chi connectivity index (χ3n) is 2.04. The Bertz CT molecular complexity index is 708. The van der Waals surface area contributed by atoms with Crippen LogP contribution in [0.1, 0.15) is 10.6 Å². The van der Waals surface area contributed by atoms with Gasteiger partial charge in [0, 0.05) is 0 Å². The molecule has 0 radical (unpaired) electrons. The van der Waals surface area contributed by atoms with E-state index >= 15 is 0 Å². The number of sulfonamides is 1. The second-order valence-electron chi connectivity index (χ2n) is 3.40. The number of hydrogen-bond acceptors (Lipinski definition) is 5. The van der Waals surface area contributed by atoms with Gasteiger partial charge in [-0.2, -0.15) is 8.42 Å². The van der Waals surface area contributed by atoms with E-state index in [1.165, 1.54) is 12.3 Å². The summed E-state index contributed by atoms with van der Waals surface area (Å²) >= 11 is 3.12. The highest BCUT2D eigenvalue weighted by atomic mass is 79.9. The van der Waals surface area contributed by atoms with E-state index in [4.69, 9.17) is 9.52 Å². The number of halogens is 1. The number of anilines is 1. The van der Waals surface area contributed by atoms with Gasteiger partial charge in [-0.15, -0.1) is 0 Å². The van der Waals surface area contributed by atoms with Crippen molar-refractivity contribution in [2.75, 3.05) is 4.72 Å². The Morgan fingerprint density at radius 3 is 2.58 bits per heavy atom. The molecule has 0 saturated carbocycles. The number of pyridine rings is 1. The van der Waals surface area contributed by atoms with Crippen molar-refractivity contribution in [3.8, 4) is 0 Å². The predicted molar refractivity (Wildman–Crippen MR) is 68.4 cm³/mol. The van der Waals surface area contributed by atoms with Crippen LogP contribution in [0.4, 0.5) is 5.69 Å². The highest BCUT2D eigenvalue weighted by molar-refractivity contribution is 9.10. The molecule has 0 bridgehead atoms. The normalized spacial score (nSPS) is 11.2. The summed E-state index contributed by atoms with van der Waals surface area (Å²) in [5.41, 5.74) is 0.233. The zero-order valence-electron chi connectivity index (χ0n) is 9.20. The molecule has 2 rings (SSSR count). The number of aromatic carboxylic acids is 1. The van der Waals surface area contributed by atoms with Gasteiger partial charge in [-0.1, -0.05) is 0 Å². The van der Waals surface area contributed by atoms with Crippen LogP contribution in [0.2, 0.25) is 0 Å². The van der Waals surface area contributed by atoms with Crippen LogP contribution in [0.3, 0.4) is 0 Å². The summed E-state index contributed by atoms with van der Waals surface area (Å²) in [6, 6.07) is 5.19. The Morgan fingerprint density at radius 1 is 1.32 bits per heavy atom. The van der Waals surface area contributed by atoms with Crippen molar-refractivity contribution in [2.24, 2.45) is 0 Å². The van der Waals surface area contributed by atoms with Gasteiger partial charge in [-0.25, -0.2) is 9.78 Å². The molecule has 9 heteroatoms. The molecule has 0 aliphatic carbocycles. The van der Waals surface area contributed by atoms with Crippen LogP contribution in [0, 0.1) is 0 Å². The van der Waals surface area contributed by atoms with Crippen LogP contribution >= 0.6 is 15.9 Å². The van der Waals surface area contributed by atoms with Crippen LogP contribution in [0.25, 0.3) is 0 Å². The smallest absolute Gasteiger partial charge is 0.371 e. The first-order valence-electron chi connectivity index (χ1n) is 4.86. The second-order valence-corrected chi connectivity index (χ2v) is 5.82. The first kappa shape index (κ1) is 13.6. The molecule has 2 N–H and O–H groups in total. The summed E-state index contributed by atoms with van der Waals surface area (Å²) in [4.78, 5) is 14.5. The fraction of sp³-hybridized carbons (Fsp3) is 0. The number of rotatable bonds is 4. The van der Waals surface area contributed by atoms with Crippen LogP contribution in [0.15, 0.2) is 44.6 Å². The molecule has 0 saturated heterocycles. The molecule has 0 aliphatic heterocycles. The SMILES string of the molecule is O=C(O)c1ccc(S(=O)(=O)Nc2ccc(Br)nc2)o1. The van der Waals surface area contributed by atoms with Crippen molar-refractivity contribution in [1.29, 1.82) is 0 Å². The van der Waals surface area contributed by atoms with E-state index in [1.54, 1.807) is 6.07 Å². The van der Waals surface area contributed by atoms with Crippen molar-refractivity contribution in [2.45, 2.75) is 5.09 Å². The number of furan rings is 1. The van der Waals surface area contributed by atoms with E-state index in [9.17, 15) is 13.2 Å². The second kappa shape index (κ2) is 5.02. The minimum Gasteiger partial charge on any atom is -0.475 e. The standard InChI is InChI=1S/C10H7BrN2O5S/c11-8-3-1-6(5-12-8)13-19(16,17)9-4-2-7(18-9)10(14)15/h1-5,13H,(H,14,15). The van der Waals surface area contributed by atoms with Crippen LogP contribution in [-0.2, 0) is 10.0 Å². The van der Waals surface area contributed by atoms with E-state index in [0.29, 0.717) is 4.60 Å². The maximum atomic E-state index is 11.9. The molecule has 19 heavy (non-hydrogen) atoms. The first-order chi connectivity index (χ1) is 8.88. The molecule has 0 atom stereocenters. The van der Waals surface area contributed by atoms with Gasteiger partial charge in [0.1, 0.15) is 4.60 Å². The fourth-order valence-corrected chi connectivity index (χ4v) is 2.43. The first-order valence-corrected chi connectivity index (χ1v) is 7.13. The Hall–Kier alpha value is -1.87. The number of hydrogen-bond donors (Lipinski definition) is 2. The summed E-state index contributed by atoms with van der Waals surface area (Å²) in [5.74, 6) is -1.79. The Morgan fingerprint density at radius 2 is 2.05 bits per heavy atom. The zero-order valence-corrected chi connectivity index (χ0v) is 11.6. The Kier molecular flexibility index (Phi) is 3.58. The molecule has 2 aromatic rings. The van der Waals surface area contributed by atoms with Crippen molar-refractivity contribution in [3.63, 3.8) is 0 Å². The van der Waals surface area contributed by atoms with E-state index < -0.39 is 26.8 Å². The molecule has 2 aromatic heterocycles. The van der Waals surface area contributed by atoms with Crippen molar-refractivity contribution >= 4 is 37.6 Å². The number of carbonyl (C=O) groups is 1. The van der Waals surface area contributed by atoms with Gasteiger partial charge in [0.15, 0.2) is 0 Å². The third-order valence-corrected chi connectivity index (χ3v) is 3.76. The number of aromatic nitrogens is 1. The minimum atomic E-state index is -3.97. The molecule has 0 aromatic carbocycles.